The Labute approximate surface area is 110 Å². The number of ether oxygens (including phenoxy) is 1. The predicted molar refractivity (Wildman–Crippen MR) is 71.2 cm³/mol. The van der Waals surface area contributed by atoms with E-state index in [9.17, 15) is 15.0 Å². The van der Waals surface area contributed by atoms with Crippen LogP contribution in [0.15, 0.2) is 0 Å². The van der Waals surface area contributed by atoms with E-state index in [0.29, 0.717) is 13.0 Å². The molecule has 0 aliphatic carbocycles. The smallest absolute Gasteiger partial charge is 0.316 e. The lowest BCUT2D eigenvalue weighted by Gasteiger charge is -2.25. The van der Waals surface area contributed by atoms with Gasteiger partial charge in [-0.15, -0.1) is 0 Å². The van der Waals surface area contributed by atoms with Crippen molar-refractivity contribution >= 4 is 5.97 Å². The molecule has 18 heavy (non-hydrogen) atoms. The van der Waals surface area contributed by atoms with E-state index in [4.69, 9.17) is 4.74 Å². The van der Waals surface area contributed by atoms with Gasteiger partial charge in [-0.05, 0) is 12.8 Å². The molecule has 0 amide bonds. The normalized spacial score (nSPS) is 11.6. The van der Waals surface area contributed by atoms with Gasteiger partial charge in [0.1, 0.15) is 5.41 Å². The molecule has 0 aliphatic rings. The van der Waals surface area contributed by atoms with Crippen molar-refractivity contribution in [2.24, 2.45) is 5.41 Å². The lowest BCUT2D eigenvalue weighted by atomic mass is 9.87. The molecule has 0 saturated heterocycles. The lowest BCUT2D eigenvalue weighted by Crippen LogP contribution is -2.39. The zero-order valence-electron chi connectivity index (χ0n) is 11.8. The Balaban J connectivity index is 3.75. The van der Waals surface area contributed by atoms with Gasteiger partial charge < -0.3 is 14.9 Å². The maximum absolute atomic E-state index is 11.8. The molecule has 0 unspecified atom stereocenters. The van der Waals surface area contributed by atoms with Crippen molar-refractivity contribution in [3.05, 3.63) is 0 Å². The van der Waals surface area contributed by atoms with Crippen LogP contribution in [0, 0.1) is 5.41 Å². The first kappa shape index (κ1) is 17.4. The molecule has 0 aromatic heterocycles. The number of aliphatic hydroxyl groups excluding tert-OH is 2. The molecule has 0 spiro atoms. The van der Waals surface area contributed by atoms with Crippen molar-refractivity contribution in [2.45, 2.75) is 58.8 Å². The zero-order chi connectivity index (χ0) is 13.9. The van der Waals surface area contributed by atoms with Crippen LogP contribution >= 0.6 is 0 Å². The number of esters is 1. The van der Waals surface area contributed by atoms with Crippen molar-refractivity contribution in [3.8, 4) is 0 Å². The molecule has 108 valence electrons. The van der Waals surface area contributed by atoms with Crippen LogP contribution in [0.4, 0.5) is 0 Å². The summed E-state index contributed by atoms with van der Waals surface area (Å²) < 4.78 is 5.13. The number of aliphatic hydroxyl groups is 2. The summed E-state index contributed by atoms with van der Waals surface area (Å²) in [5.41, 5.74) is -1.12. The van der Waals surface area contributed by atoms with Crippen molar-refractivity contribution in [2.75, 3.05) is 19.8 Å². The molecule has 0 aromatic carbocycles. The van der Waals surface area contributed by atoms with Gasteiger partial charge in [0.15, 0.2) is 0 Å². The third-order valence-electron chi connectivity index (χ3n) is 3.45. The van der Waals surface area contributed by atoms with Crippen LogP contribution in [0.25, 0.3) is 0 Å². The summed E-state index contributed by atoms with van der Waals surface area (Å²) in [6, 6.07) is 0. The minimum Gasteiger partial charge on any atom is -0.465 e. The molecular weight excluding hydrogens is 232 g/mol. The minimum absolute atomic E-state index is 0.366. The minimum atomic E-state index is -1.12. The van der Waals surface area contributed by atoms with E-state index in [2.05, 4.69) is 6.92 Å². The summed E-state index contributed by atoms with van der Waals surface area (Å²) in [6.45, 7) is 3.59. The van der Waals surface area contributed by atoms with Crippen molar-refractivity contribution < 1.29 is 19.7 Å². The zero-order valence-corrected chi connectivity index (χ0v) is 11.8. The first-order valence-electron chi connectivity index (χ1n) is 7.05. The largest absolute Gasteiger partial charge is 0.465 e. The highest BCUT2D eigenvalue weighted by Gasteiger charge is 2.37. The summed E-state index contributed by atoms with van der Waals surface area (Å²) in [5.74, 6) is -0.483. The fraction of sp³-hybridized carbons (Fsp3) is 0.929. The fourth-order valence-corrected chi connectivity index (χ4v) is 1.75. The first-order valence-corrected chi connectivity index (χ1v) is 7.05. The second kappa shape index (κ2) is 10.3. The number of hydrogen-bond acceptors (Lipinski definition) is 4. The van der Waals surface area contributed by atoms with Gasteiger partial charge in [-0.25, -0.2) is 0 Å². The topological polar surface area (TPSA) is 66.8 Å². The van der Waals surface area contributed by atoms with Gasteiger partial charge in [0.05, 0.1) is 19.8 Å². The molecule has 0 atom stereocenters. The third kappa shape index (κ3) is 5.83. The molecule has 0 aliphatic heterocycles. The molecule has 0 rings (SSSR count). The number of unbranched alkanes of at least 4 members (excludes halogenated alkanes) is 5. The average molecular weight is 260 g/mol. The van der Waals surface area contributed by atoms with Gasteiger partial charge >= 0.3 is 5.97 Å². The molecular formula is C14H28O4. The Morgan fingerprint density at radius 1 is 1.00 bits per heavy atom. The van der Waals surface area contributed by atoms with Crippen molar-refractivity contribution in [1.82, 2.24) is 0 Å². The highest BCUT2D eigenvalue weighted by molar-refractivity contribution is 5.77. The summed E-state index contributed by atoms with van der Waals surface area (Å²) in [5, 5.41) is 18.4. The average Bonchev–Trinajstić information content (AvgIpc) is 2.40. The van der Waals surface area contributed by atoms with Crippen molar-refractivity contribution in [1.29, 1.82) is 0 Å². The Hall–Kier alpha value is -0.610. The molecule has 2 N–H and O–H groups in total. The van der Waals surface area contributed by atoms with E-state index in [1.54, 1.807) is 6.92 Å². The molecule has 0 fully saturated rings. The van der Waals surface area contributed by atoms with E-state index in [1.807, 2.05) is 0 Å². The van der Waals surface area contributed by atoms with E-state index < -0.39 is 11.4 Å². The Morgan fingerprint density at radius 3 is 2.06 bits per heavy atom. The second-order valence-corrected chi connectivity index (χ2v) is 4.85. The van der Waals surface area contributed by atoms with E-state index >= 15 is 0 Å². The highest BCUT2D eigenvalue weighted by Crippen LogP contribution is 2.22. The summed E-state index contributed by atoms with van der Waals surface area (Å²) in [6.07, 6.45) is 7.18. The first-order chi connectivity index (χ1) is 8.66. The van der Waals surface area contributed by atoms with Gasteiger partial charge in [-0.1, -0.05) is 46.0 Å². The number of hydrogen-bond donors (Lipinski definition) is 2. The van der Waals surface area contributed by atoms with Gasteiger partial charge in [0.25, 0.3) is 0 Å². The Bertz CT molecular complexity index is 204. The van der Waals surface area contributed by atoms with E-state index in [0.717, 1.165) is 12.8 Å². The van der Waals surface area contributed by atoms with Crippen LogP contribution in [0.1, 0.15) is 58.8 Å². The van der Waals surface area contributed by atoms with Crippen LogP contribution in [0.3, 0.4) is 0 Å². The predicted octanol–water partition coefficient (Wildman–Crippen LogP) is 2.27. The van der Waals surface area contributed by atoms with Crippen LogP contribution in [-0.2, 0) is 9.53 Å². The summed E-state index contributed by atoms with van der Waals surface area (Å²) in [4.78, 5) is 11.8. The number of rotatable bonds is 11. The van der Waals surface area contributed by atoms with Gasteiger partial charge in [0, 0.05) is 0 Å². The second-order valence-electron chi connectivity index (χ2n) is 4.85. The van der Waals surface area contributed by atoms with Crippen LogP contribution < -0.4 is 0 Å². The number of carbonyl (C=O) groups excluding carboxylic acids is 1. The molecule has 0 aromatic rings. The molecule has 4 nitrogen and oxygen atoms in total. The Morgan fingerprint density at radius 2 is 1.56 bits per heavy atom. The van der Waals surface area contributed by atoms with Crippen molar-refractivity contribution in [3.63, 3.8) is 0 Å². The summed E-state index contributed by atoms with van der Waals surface area (Å²) in [7, 11) is 0. The van der Waals surface area contributed by atoms with E-state index in [1.165, 1.54) is 25.7 Å². The van der Waals surface area contributed by atoms with Crippen LogP contribution in [0.2, 0.25) is 0 Å². The molecule has 0 radical (unpaired) electrons. The Kier molecular flexibility index (Phi) is 9.98. The maximum Gasteiger partial charge on any atom is 0.316 e. The molecule has 0 bridgehead atoms. The molecule has 0 heterocycles. The quantitative estimate of drug-likeness (QED) is 0.442. The molecule has 4 heteroatoms. The maximum atomic E-state index is 11.8. The number of carbonyl (C=O) groups is 1. The van der Waals surface area contributed by atoms with Gasteiger partial charge in [0.2, 0.25) is 0 Å². The fourth-order valence-electron chi connectivity index (χ4n) is 1.75. The van der Waals surface area contributed by atoms with Gasteiger partial charge in [-0.3, -0.25) is 4.79 Å². The molecule has 0 saturated carbocycles. The summed E-state index contributed by atoms with van der Waals surface area (Å²) >= 11 is 0. The monoisotopic (exact) mass is 260 g/mol. The van der Waals surface area contributed by atoms with Crippen LogP contribution in [0.5, 0.6) is 0 Å². The third-order valence-corrected chi connectivity index (χ3v) is 3.45. The van der Waals surface area contributed by atoms with E-state index in [-0.39, 0.29) is 13.2 Å². The standard InChI is InChI=1S/C14H28O4/c1-3-5-6-7-8-9-10-18-13(17)14(4-2,11-15)12-16/h15-16H,3-12H2,1-2H3. The van der Waals surface area contributed by atoms with Gasteiger partial charge in [-0.2, -0.15) is 0 Å². The lowest BCUT2D eigenvalue weighted by molar-refractivity contribution is -0.162. The SMILES string of the molecule is CCCCCCCCOC(=O)C(CC)(CO)CO. The highest BCUT2D eigenvalue weighted by atomic mass is 16.5. The van der Waals surface area contributed by atoms with Crippen LogP contribution in [-0.4, -0.2) is 36.0 Å².